The Morgan fingerprint density at radius 2 is 2.38 bits per heavy atom. The van der Waals surface area contributed by atoms with Gasteiger partial charge >= 0.3 is 0 Å². The van der Waals surface area contributed by atoms with Crippen molar-refractivity contribution in [3.8, 4) is 0 Å². The van der Waals surface area contributed by atoms with Crippen molar-refractivity contribution in [1.82, 2.24) is 15.0 Å². The lowest BCUT2D eigenvalue weighted by atomic mass is 10.1. The molecule has 3 heterocycles. The van der Waals surface area contributed by atoms with Crippen molar-refractivity contribution in [3.05, 3.63) is 29.9 Å². The molecule has 6 heteroatoms. The van der Waals surface area contributed by atoms with Crippen molar-refractivity contribution >= 4 is 16.9 Å². The second-order valence-corrected chi connectivity index (χ2v) is 5.62. The third-order valence-corrected chi connectivity index (χ3v) is 4.18. The van der Waals surface area contributed by atoms with Crippen molar-refractivity contribution < 1.29 is 15.4 Å². The van der Waals surface area contributed by atoms with Crippen molar-refractivity contribution in [2.45, 2.75) is 12.6 Å². The smallest absolute Gasteiger partial charge is 0.248 e. The average molecular weight is 288 g/mol. The summed E-state index contributed by atoms with van der Waals surface area (Å²) in [4.78, 5) is 16.0. The average Bonchev–Trinajstić information content (AvgIpc) is 2.89. The Bertz CT molecular complexity index is 717. The molecule has 1 aromatic heterocycles. The minimum Gasteiger partial charge on any atom is -0.369 e. The molecule has 2 aromatic rings. The molecule has 0 aliphatic carbocycles. The van der Waals surface area contributed by atoms with Gasteiger partial charge in [-0.15, -0.1) is 0 Å². The molecule has 0 N–H and O–H groups in total. The van der Waals surface area contributed by atoms with Gasteiger partial charge in [-0.1, -0.05) is 11.2 Å². The minimum atomic E-state index is 0.0978. The maximum atomic E-state index is 11.8. The first kappa shape index (κ1) is 11.7. The van der Waals surface area contributed by atoms with Crippen molar-refractivity contribution in [2.24, 2.45) is 0 Å². The standard InChI is InChI=1S/C15H17N3O3/c19-15-10-20-9-13-8-17(3-4-18(13)15)7-11-1-2-14-12(5-11)6-16-21-14/h1-2,5-6,13H,3-4,7-10H2/i6D. The van der Waals surface area contributed by atoms with E-state index < -0.39 is 0 Å². The molecule has 110 valence electrons. The van der Waals surface area contributed by atoms with Crippen LogP contribution < -0.4 is 0 Å². The molecule has 1 amide bonds. The highest BCUT2D eigenvalue weighted by Crippen LogP contribution is 2.19. The molecule has 1 unspecified atom stereocenters. The zero-order valence-electron chi connectivity index (χ0n) is 12.6. The van der Waals surface area contributed by atoms with Crippen LogP contribution in [0.4, 0.5) is 0 Å². The van der Waals surface area contributed by atoms with Gasteiger partial charge in [0.2, 0.25) is 5.91 Å². The number of benzene rings is 1. The lowest BCUT2D eigenvalue weighted by molar-refractivity contribution is -0.152. The Kier molecular flexibility index (Phi) is 2.86. The Hall–Kier alpha value is -1.92. The number of fused-ring (bicyclic) bond motifs is 2. The third kappa shape index (κ3) is 2.41. The highest BCUT2D eigenvalue weighted by molar-refractivity contribution is 5.78. The van der Waals surface area contributed by atoms with E-state index in [0.717, 1.165) is 37.1 Å². The summed E-state index contributed by atoms with van der Waals surface area (Å²) in [5, 5.41) is 4.41. The zero-order valence-corrected chi connectivity index (χ0v) is 11.6. The van der Waals surface area contributed by atoms with Gasteiger partial charge in [-0.05, 0) is 17.7 Å². The normalized spacial score (nSPS) is 24.2. The molecule has 0 radical (unpaired) electrons. The number of hydrogen-bond acceptors (Lipinski definition) is 5. The predicted molar refractivity (Wildman–Crippen MR) is 75.6 cm³/mol. The van der Waals surface area contributed by atoms with Gasteiger partial charge in [-0.2, -0.15) is 0 Å². The Labute approximate surface area is 123 Å². The van der Waals surface area contributed by atoms with Gasteiger partial charge in [0.1, 0.15) is 6.61 Å². The fourth-order valence-electron chi connectivity index (χ4n) is 3.12. The van der Waals surface area contributed by atoms with Gasteiger partial charge in [0.05, 0.1) is 20.2 Å². The van der Waals surface area contributed by atoms with Crippen LogP contribution in [0.15, 0.2) is 28.9 Å². The van der Waals surface area contributed by atoms with E-state index in [4.69, 9.17) is 10.6 Å². The molecule has 6 nitrogen and oxygen atoms in total. The second-order valence-electron chi connectivity index (χ2n) is 5.62. The van der Waals surface area contributed by atoms with E-state index in [0.29, 0.717) is 12.2 Å². The number of rotatable bonds is 2. The van der Waals surface area contributed by atoms with Gasteiger partial charge in [0, 0.05) is 31.6 Å². The third-order valence-electron chi connectivity index (χ3n) is 4.18. The number of nitrogens with zero attached hydrogens (tertiary/aromatic N) is 3. The predicted octanol–water partition coefficient (Wildman–Crippen LogP) is 0.871. The molecule has 1 aromatic carbocycles. The molecule has 21 heavy (non-hydrogen) atoms. The van der Waals surface area contributed by atoms with E-state index in [1.165, 1.54) is 0 Å². The minimum absolute atomic E-state index is 0.0978. The maximum Gasteiger partial charge on any atom is 0.248 e. The van der Waals surface area contributed by atoms with Crippen LogP contribution in [-0.4, -0.2) is 59.8 Å². The SMILES string of the molecule is [2H]c1noc2ccc(CN3CCN4C(=O)COCC4C3)cc12. The number of piperazine rings is 1. The molecular formula is C15H17N3O3. The van der Waals surface area contributed by atoms with Crippen LogP contribution in [-0.2, 0) is 16.1 Å². The van der Waals surface area contributed by atoms with Crippen LogP contribution in [0, 0.1) is 0 Å². The number of ether oxygens (including phenoxy) is 1. The van der Waals surface area contributed by atoms with Crippen LogP contribution in [0.3, 0.4) is 0 Å². The summed E-state index contributed by atoms with van der Waals surface area (Å²) in [5.74, 6) is 0.0978. The summed E-state index contributed by atoms with van der Waals surface area (Å²) in [7, 11) is 0. The van der Waals surface area contributed by atoms with Gasteiger partial charge in [-0.3, -0.25) is 9.69 Å². The number of carbonyl (C=O) groups is 1. The lowest BCUT2D eigenvalue weighted by Gasteiger charge is -2.43. The van der Waals surface area contributed by atoms with E-state index in [2.05, 4.69) is 10.1 Å². The summed E-state index contributed by atoms with van der Waals surface area (Å²) in [5.41, 5.74) is 1.77. The van der Waals surface area contributed by atoms with Crippen molar-refractivity contribution in [1.29, 1.82) is 0 Å². The highest BCUT2D eigenvalue weighted by atomic mass is 16.5. The van der Waals surface area contributed by atoms with E-state index >= 15 is 0 Å². The highest BCUT2D eigenvalue weighted by Gasteiger charge is 2.33. The molecule has 1 atom stereocenters. The summed E-state index contributed by atoms with van der Waals surface area (Å²) in [6.07, 6.45) is 0.174. The van der Waals surface area contributed by atoms with Gasteiger partial charge in [-0.25, -0.2) is 0 Å². The first-order valence-corrected chi connectivity index (χ1v) is 7.15. The van der Waals surface area contributed by atoms with Crippen LogP contribution in [0.25, 0.3) is 11.0 Å². The van der Waals surface area contributed by atoms with Crippen molar-refractivity contribution in [3.63, 3.8) is 0 Å². The van der Waals surface area contributed by atoms with Crippen molar-refractivity contribution in [2.75, 3.05) is 32.8 Å². The van der Waals surface area contributed by atoms with Crippen LogP contribution >= 0.6 is 0 Å². The summed E-state index contributed by atoms with van der Waals surface area (Å²) in [6.45, 7) is 4.06. The number of amides is 1. The van der Waals surface area contributed by atoms with Crippen LogP contribution in [0.1, 0.15) is 6.93 Å². The summed E-state index contributed by atoms with van der Waals surface area (Å²) < 4.78 is 18.1. The van der Waals surface area contributed by atoms with E-state index in [-0.39, 0.29) is 24.7 Å². The Morgan fingerprint density at radius 1 is 1.43 bits per heavy atom. The largest absolute Gasteiger partial charge is 0.369 e. The fourth-order valence-corrected chi connectivity index (χ4v) is 3.12. The van der Waals surface area contributed by atoms with Crippen LogP contribution in [0.2, 0.25) is 0 Å². The first-order valence-electron chi connectivity index (χ1n) is 7.65. The molecule has 4 rings (SSSR count). The van der Waals surface area contributed by atoms with Gasteiger partial charge < -0.3 is 14.2 Å². The lowest BCUT2D eigenvalue weighted by Crippen LogP contribution is -2.59. The topological polar surface area (TPSA) is 58.8 Å². The maximum absolute atomic E-state index is 11.8. The van der Waals surface area contributed by atoms with E-state index in [1.807, 2.05) is 23.1 Å². The molecule has 2 fully saturated rings. The number of carbonyl (C=O) groups excluding carboxylic acids is 1. The quantitative estimate of drug-likeness (QED) is 0.820. The number of aromatic nitrogens is 1. The molecule has 2 aliphatic rings. The molecule has 0 spiro atoms. The monoisotopic (exact) mass is 288 g/mol. The van der Waals surface area contributed by atoms with Gasteiger partial charge in [0.15, 0.2) is 5.58 Å². The molecular weight excluding hydrogens is 270 g/mol. The Morgan fingerprint density at radius 3 is 3.33 bits per heavy atom. The Balaban J connectivity index is 1.48. The van der Waals surface area contributed by atoms with Gasteiger partial charge in [0.25, 0.3) is 0 Å². The second kappa shape index (κ2) is 5.13. The molecule has 0 bridgehead atoms. The van der Waals surface area contributed by atoms with E-state index in [1.54, 1.807) is 0 Å². The summed E-state index contributed by atoms with van der Waals surface area (Å²) in [6, 6.07) is 5.98. The fraction of sp³-hybridized carbons (Fsp3) is 0.467. The first-order chi connectivity index (χ1) is 10.7. The number of hydrogen-bond donors (Lipinski definition) is 0. The van der Waals surface area contributed by atoms with E-state index in [9.17, 15) is 4.79 Å². The number of morpholine rings is 1. The molecule has 0 saturated carbocycles. The zero-order chi connectivity index (χ0) is 15.1. The molecule has 2 aliphatic heterocycles. The molecule has 2 saturated heterocycles. The summed E-state index contributed by atoms with van der Waals surface area (Å²) >= 11 is 0. The van der Waals surface area contributed by atoms with Crippen LogP contribution in [0.5, 0.6) is 0 Å².